The van der Waals surface area contributed by atoms with Crippen molar-refractivity contribution in [3.05, 3.63) is 59.7 Å². The van der Waals surface area contributed by atoms with Gasteiger partial charge in [-0.1, -0.05) is 30.3 Å². The molecule has 2 aromatic carbocycles. The molecular formula is C19H23NO3. The fourth-order valence-corrected chi connectivity index (χ4v) is 2.42. The highest BCUT2D eigenvalue weighted by Crippen LogP contribution is 2.20. The van der Waals surface area contributed by atoms with E-state index in [-0.39, 0.29) is 11.9 Å². The number of carbonyl (C=O) groups excluding carboxylic acids is 1. The van der Waals surface area contributed by atoms with Gasteiger partial charge < -0.3 is 14.8 Å². The lowest BCUT2D eigenvalue weighted by Crippen LogP contribution is -2.28. The fourth-order valence-electron chi connectivity index (χ4n) is 2.42. The number of amides is 1. The topological polar surface area (TPSA) is 47.6 Å². The molecule has 1 N–H and O–H groups in total. The first-order chi connectivity index (χ1) is 11.1. The van der Waals surface area contributed by atoms with Crippen LogP contribution < -0.4 is 14.8 Å². The first-order valence-electron chi connectivity index (χ1n) is 7.78. The number of hydrogen-bond donors (Lipinski definition) is 1. The summed E-state index contributed by atoms with van der Waals surface area (Å²) in [5, 5.41) is 3.01. The van der Waals surface area contributed by atoms with Gasteiger partial charge in [0.1, 0.15) is 11.5 Å². The molecule has 0 aliphatic heterocycles. The number of nitrogens with one attached hydrogen (secondary N) is 1. The third kappa shape index (κ3) is 4.74. The van der Waals surface area contributed by atoms with E-state index in [4.69, 9.17) is 9.47 Å². The Balaban J connectivity index is 1.96. The Morgan fingerprint density at radius 2 is 1.83 bits per heavy atom. The molecule has 0 aromatic heterocycles. The van der Waals surface area contributed by atoms with Crippen molar-refractivity contribution in [1.82, 2.24) is 5.32 Å². The molecule has 2 rings (SSSR count). The van der Waals surface area contributed by atoms with Gasteiger partial charge in [0.15, 0.2) is 0 Å². The smallest absolute Gasteiger partial charge is 0.225 e. The number of benzene rings is 2. The normalized spacial score (nSPS) is 11.6. The molecule has 0 aliphatic rings. The van der Waals surface area contributed by atoms with Crippen LogP contribution in [0.15, 0.2) is 48.5 Å². The van der Waals surface area contributed by atoms with E-state index in [1.165, 1.54) is 0 Å². The third-order valence-corrected chi connectivity index (χ3v) is 3.61. The van der Waals surface area contributed by atoms with Crippen LogP contribution in [0.1, 0.15) is 31.0 Å². The molecule has 23 heavy (non-hydrogen) atoms. The Morgan fingerprint density at radius 1 is 1.13 bits per heavy atom. The van der Waals surface area contributed by atoms with Gasteiger partial charge >= 0.3 is 0 Å². The van der Waals surface area contributed by atoms with Gasteiger partial charge in [0.05, 0.1) is 26.2 Å². The molecule has 1 atom stereocenters. The average Bonchev–Trinajstić information content (AvgIpc) is 2.56. The number of carbonyl (C=O) groups is 1. The number of hydrogen-bond acceptors (Lipinski definition) is 3. The van der Waals surface area contributed by atoms with Crippen LogP contribution in [-0.2, 0) is 11.2 Å². The van der Waals surface area contributed by atoms with Crippen molar-refractivity contribution in [2.75, 3.05) is 13.7 Å². The summed E-state index contributed by atoms with van der Waals surface area (Å²) < 4.78 is 10.7. The molecule has 0 fully saturated rings. The highest BCUT2D eigenvalue weighted by Gasteiger charge is 2.12. The number of para-hydroxylation sites is 1. The molecule has 2 aromatic rings. The van der Waals surface area contributed by atoms with Gasteiger partial charge in [-0.2, -0.15) is 0 Å². The minimum Gasteiger partial charge on any atom is -0.496 e. The predicted octanol–water partition coefficient (Wildman–Crippen LogP) is 3.51. The summed E-state index contributed by atoms with van der Waals surface area (Å²) in [4.78, 5) is 12.2. The Bertz CT molecular complexity index is 637. The molecular weight excluding hydrogens is 290 g/mol. The zero-order chi connectivity index (χ0) is 16.7. The first kappa shape index (κ1) is 16.9. The van der Waals surface area contributed by atoms with Crippen molar-refractivity contribution in [3.63, 3.8) is 0 Å². The lowest BCUT2D eigenvalue weighted by molar-refractivity contribution is -0.121. The van der Waals surface area contributed by atoms with Gasteiger partial charge in [-0.3, -0.25) is 4.79 Å². The summed E-state index contributed by atoms with van der Waals surface area (Å²) >= 11 is 0. The third-order valence-electron chi connectivity index (χ3n) is 3.61. The highest BCUT2D eigenvalue weighted by molar-refractivity contribution is 5.79. The molecule has 0 saturated heterocycles. The van der Waals surface area contributed by atoms with E-state index < -0.39 is 0 Å². The van der Waals surface area contributed by atoms with Gasteiger partial charge in [-0.25, -0.2) is 0 Å². The van der Waals surface area contributed by atoms with E-state index in [0.717, 1.165) is 22.6 Å². The number of rotatable bonds is 7. The SMILES string of the molecule is CCOc1ccc(C(C)NC(=O)Cc2ccccc2OC)cc1. The number of methoxy groups -OCH3 is 1. The van der Waals surface area contributed by atoms with Gasteiger partial charge in [-0.15, -0.1) is 0 Å². The van der Waals surface area contributed by atoms with Crippen LogP contribution in [0.5, 0.6) is 11.5 Å². The zero-order valence-corrected chi connectivity index (χ0v) is 13.8. The van der Waals surface area contributed by atoms with Crippen LogP contribution >= 0.6 is 0 Å². The molecule has 0 aliphatic carbocycles. The van der Waals surface area contributed by atoms with E-state index in [2.05, 4.69) is 5.32 Å². The van der Waals surface area contributed by atoms with Gasteiger partial charge in [-0.05, 0) is 37.6 Å². The van der Waals surface area contributed by atoms with Crippen LogP contribution in [0.25, 0.3) is 0 Å². The first-order valence-corrected chi connectivity index (χ1v) is 7.78. The van der Waals surface area contributed by atoms with Gasteiger partial charge in [0.2, 0.25) is 5.91 Å². The van der Waals surface area contributed by atoms with Crippen LogP contribution in [0.3, 0.4) is 0 Å². The van der Waals surface area contributed by atoms with Crippen molar-refractivity contribution in [3.8, 4) is 11.5 Å². The van der Waals surface area contributed by atoms with Crippen molar-refractivity contribution >= 4 is 5.91 Å². The maximum absolute atomic E-state index is 12.2. The van der Waals surface area contributed by atoms with Crippen LogP contribution in [0.2, 0.25) is 0 Å². The standard InChI is InChI=1S/C19H23NO3/c1-4-23-17-11-9-15(10-12-17)14(2)20-19(21)13-16-7-5-6-8-18(16)22-3/h5-12,14H,4,13H2,1-3H3,(H,20,21). The van der Waals surface area contributed by atoms with E-state index >= 15 is 0 Å². The molecule has 0 spiro atoms. The molecule has 0 saturated carbocycles. The van der Waals surface area contributed by atoms with E-state index in [0.29, 0.717) is 13.0 Å². The molecule has 0 heterocycles. The van der Waals surface area contributed by atoms with E-state index in [9.17, 15) is 4.79 Å². The minimum atomic E-state index is -0.0621. The summed E-state index contributed by atoms with van der Waals surface area (Å²) in [7, 11) is 1.61. The molecule has 4 heteroatoms. The lowest BCUT2D eigenvalue weighted by atomic mass is 10.1. The van der Waals surface area contributed by atoms with Crippen molar-refractivity contribution in [1.29, 1.82) is 0 Å². The summed E-state index contributed by atoms with van der Waals surface area (Å²) in [5.74, 6) is 1.54. The molecule has 4 nitrogen and oxygen atoms in total. The van der Waals surface area contributed by atoms with E-state index in [1.807, 2.05) is 62.4 Å². The van der Waals surface area contributed by atoms with Gasteiger partial charge in [0, 0.05) is 5.56 Å². The Hall–Kier alpha value is -2.49. The lowest BCUT2D eigenvalue weighted by Gasteiger charge is -2.15. The molecule has 1 unspecified atom stereocenters. The maximum atomic E-state index is 12.2. The van der Waals surface area contributed by atoms with E-state index in [1.54, 1.807) is 7.11 Å². The molecule has 122 valence electrons. The Morgan fingerprint density at radius 3 is 2.48 bits per heavy atom. The molecule has 1 amide bonds. The average molecular weight is 313 g/mol. The molecule has 0 radical (unpaired) electrons. The fraction of sp³-hybridized carbons (Fsp3) is 0.316. The zero-order valence-electron chi connectivity index (χ0n) is 13.8. The Labute approximate surface area is 137 Å². The predicted molar refractivity (Wildman–Crippen MR) is 90.9 cm³/mol. The second-order valence-electron chi connectivity index (χ2n) is 5.28. The summed E-state index contributed by atoms with van der Waals surface area (Å²) in [6.45, 7) is 4.56. The summed E-state index contributed by atoms with van der Waals surface area (Å²) in [6, 6.07) is 15.3. The molecule has 0 bridgehead atoms. The van der Waals surface area contributed by atoms with Crippen LogP contribution in [-0.4, -0.2) is 19.6 Å². The minimum absolute atomic E-state index is 0.0316. The van der Waals surface area contributed by atoms with Gasteiger partial charge in [0.25, 0.3) is 0 Å². The highest BCUT2D eigenvalue weighted by atomic mass is 16.5. The quantitative estimate of drug-likeness (QED) is 0.851. The van der Waals surface area contributed by atoms with Crippen LogP contribution in [0, 0.1) is 0 Å². The largest absolute Gasteiger partial charge is 0.496 e. The van der Waals surface area contributed by atoms with Crippen molar-refractivity contribution < 1.29 is 14.3 Å². The van der Waals surface area contributed by atoms with Crippen molar-refractivity contribution in [2.24, 2.45) is 0 Å². The monoisotopic (exact) mass is 313 g/mol. The van der Waals surface area contributed by atoms with Crippen LogP contribution in [0.4, 0.5) is 0 Å². The van der Waals surface area contributed by atoms with Crippen molar-refractivity contribution in [2.45, 2.75) is 26.3 Å². The second-order valence-corrected chi connectivity index (χ2v) is 5.28. The summed E-state index contributed by atoms with van der Waals surface area (Å²) in [6.07, 6.45) is 0.297. The number of ether oxygens (including phenoxy) is 2. The second kappa shape index (κ2) is 8.22. The maximum Gasteiger partial charge on any atom is 0.225 e. The summed E-state index contributed by atoms with van der Waals surface area (Å²) in [5.41, 5.74) is 1.92. The Kier molecular flexibility index (Phi) is 6.03.